The molecule has 2 unspecified atom stereocenters. The average molecular weight is 538 g/mol. The number of nitrogens with zero attached hydrogens (tertiary/aromatic N) is 1. The number of methoxy groups -OCH3 is 1. The molecule has 0 bridgehead atoms. The van der Waals surface area contributed by atoms with E-state index in [9.17, 15) is 14.4 Å². The first kappa shape index (κ1) is 28.9. The molecule has 0 spiro atoms. The molecule has 38 heavy (non-hydrogen) atoms. The van der Waals surface area contributed by atoms with Crippen molar-refractivity contribution in [1.29, 1.82) is 0 Å². The minimum atomic E-state index is -0.991. The van der Waals surface area contributed by atoms with Crippen LogP contribution in [0.5, 0.6) is 5.75 Å². The molecule has 0 saturated heterocycles. The van der Waals surface area contributed by atoms with Crippen LogP contribution in [0, 0.1) is 12.3 Å². The monoisotopic (exact) mass is 537 g/mol. The number of rotatable bonds is 9. The van der Waals surface area contributed by atoms with E-state index < -0.39 is 29.7 Å². The van der Waals surface area contributed by atoms with Gasteiger partial charge in [0, 0.05) is 23.0 Å². The van der Waals surface area contributed by atoms with E-state index >= 15 is 0 Å². The van der Waals surface area contributed by atoms with Crippen molar-refractivity contribution < 1.29 is 23.9 Å². The number of ether oxygens (including phenoxy) is 2. The number of carbonyl (C=O) groups is 3. The second-order valence-electron chi connectivity index (χ2n) is 10.1. The van der Waals surface area contributed by atoms with Gasteiger partial charge in [0.1, 0.15) is 23.4 Å². The van der Waals surface area contributed by atoms with Gasteiger partial charge in [0.15, 0.2) is 0 Å². The van der Waals surface area contributed by atoms with Crippen molar-refractivity contribution in [2.24, 2.45) is 0 Å². The molecule has 0 aromatic heterocycles. The number of carbonyl (C=O) groups excluding carboxylic acids is 3. The van der Waals surface area contributed by atoms with Crippen LogP contribution >= 0.6 is 12.6 Å². The summed E-state index contributed by atoms with van der Waals surface area (Å²) in [4.78, 5) is 41.9. The van der Waals surface area contributed by atoms with Gasteiger partial charge in [-0.1, -0.05) is 18.1 Å². The Morgan fingerprint density at radius 1 is 1.11 bits per heavy atom. The third kappa shape index (κ3) is 7.45. The zero-order chi connectivity index (χ0) is 27.9. The van der Waals surface area contributed by atoms with Crippen LogP contribution in [0.3, 0.4) is 0 Å². The van der Waals surface area contributed by atoms with Crippen molar-refractivity contribution >= 4 is 36.2 Å². The van der Waals surface area contributed by atoms with Crippen molar-refractivity contribution in [1.82, 2.24) is 10.2 Å². The minimum absolute atomic E-state index is 0.0319. The molecule has 1 fully saturated rings. The Hall–Kier alpha value is -3.64. The average Bonchev–Trinajstić information content (AvgIpc) is 2.85. The first-order chi connectivity index (χ1) is 18.1. The molecule has 2 N–H and O–H groups in total. The summed E-state index contributed by atoms with van der Waals surface area (Å²) in [5, 5.41) is 5.56. The van der Waals surface area contributed by atoms with Crippen LogP contribution in [0.25, 0.3) is 0 Å². The summed E-state index contributed by atoms with van der Waals surface area (Å²) in [5.41, 5.74) is 1.08. The standard InChI is InChI=1S/C29H35N3O5S/c1-6-19-10-12-20(13-11-19)25(26(33)30-21-14-16-23(36-5)17-15-21)32(22-8-7-9-22)27(34)24(18-38)31-28(35)37-29(2,3)4/h1,10-17,22,24-25,38H,7-9,18H2,2-5H3,(H,30,33)(H,31,35). The lowest BCUT2D eigenvalue weighted by molar-refractivity contribution is -0.145. The van der Waals surface area contributed by atoms with Crippen molar-refractivity contribution in [3.05, 3.63) is 59.7 Å². The molecular formula is C29H35N3O5S. The van der Waals surface area contributed by atoms with Crippen LogP contribution in [-0.4, -0.2) is 53.4 Å². The summed E-state index contributed by atoms with van der Waals surface area (Å²) in [7, 11) is 1.56. The molecule has 1 aliphatic rings. The number of benzene rings is 2. The van der Waals surface area contributed by atoms with Gasteiger partial charge in [0.2, 0.25) is 5.91 Å². The summed E-state index contributed by atoms with van der Waals surface area (Å²) >= 11 is 4.33. The lowest BCUT2D eigenvalue weighted by Crippen LogP contribution is -2.57. The number of alkyl carbamates (subject to hydrolysis) is 1. The largest absolute Gasteiger partial charge is 0.497 e. The van der Waals surface area contributed by atoms with Crippen LogP contribution in [0.1, 0.15) is 57.2 Å². The molecule has 8 nitrogen and oxygen atoms in total. The molecule has 3 amide bonds. The molecule has 3 rings (SSSR count). The van der Waals surface area contributed by atoms with Crippen molar-refractivity contribution in [3.63, 3.8) is 0 Å². The highest BCUT2D eigenvalue weighted by atomic mass is 32.1. The van der Waals surface area contributed by atoms with Crippen LogP contribution in [0.15, 0.2) is 48.5 Å². The van der Waals surface area contributed by atoms with Gasteiger partial charge in [-0.3, -0.25) is 9.59 Å². The fourth-order valence-electron chi connectivity index (χ4n) is 4.08. The highest BCUT2D eigenvalue weighted by Crippen LogP contribution is 2.34. The summed E-state index contributed by atoms with van der Waals surface area (Å²) in [6.07, 6.45) is 7.22. The molecule has 0 aliphatic heterocycles. The van der Waals surface area contributed by atoms with Gasteiger partial charge >= 0.3 is 6.09 Å². The predicted octanol–water partition coefficient (Wildman–Crippen LogP) is 4.56. The third-order valence-electron chi connectivity index (χ3n) is 6.17. The number of nitrogens with one attached hydrogen (secondary N) is 2. The molecule has 1 aliphatic carbocycles. The van der Waals surface area contributed by atoms with Crippen LogP contribution in [0.4, 0.5) is 10.5 Å². The zero-order valence-electron chi connectivity index (χ0n) is 22.2. The number of amides is 3. The highest BCUT2D eigenvalue weighted by molar-refractivity contribution is 7.80. The van der Waals surface area contributed by atoms with E-state index in [-0.39, 0.29) is 17.7 Å². The number of hydrogen-bond donors (Lipinski definition) is 3. The number of anilines is 1. The highest BCUT2D eigenvalue weighted by Gasteiger charge is 2.41. The molecule has 2 atom stereocenters. The van der Waals surface area contributed by atoms with E-state index in [0.717, 1.165) is 19.3 Å². The Balaban J connectivity index is 1.97. The SMILES string of the molecule is C#Cc1ccc(C(C(=O)Nc2ccc(OC)cc2)N(C(=O)C(CS)NC(=O)OC(C)(C)C)C2CCC2)cc1. The summed E-state index contributed by atoms with van der Waals surface area (Å²) in [6, 6.07) is 11.8. The maximum absolute atomic E-state index is 14.0. The lowest BCUT2D eigenvalue weighted by atomic mass is 9.88. The van der Waals surface area contributed by atoms with Crippen LogP contribution < -0.4 is 15.4 Å². The van der Waals surface area contributed by atoms with E-state index in [1.165, 1.54) is 0 Å². The van der Waals surface area contributed by atoms with Gasteiger partial charge in [-0.05, 0) is 82.0 Å². The molecule has 0 radical (unpaired) electrons. The van der Waals surface area contributed by atoms with Gasteiger partial charge in [0.25, 0.3) is 5.91 Å². The van der Waals surface area contributed by atoms with Crippen molar-refractivity contribution in [2.45, 2.75) is 63.8 Å². The quantitative estimate of drug-likeness (QED) is 0.322. The predicted molar refractivity (Wildman–Crippen MR) is 150 cm³/mol. The smallest absolute Gasteiger partial charge is 0.408 e. The van der Waals surface area contributed by atoms with Gasteiger partial charge in [-0.2, -0.15) is 12.6 Å². The first-order valence-electron chi connectivity index (χ1n) is 12.5. The molecule has 0 heterocycles. The second-order valence-corrected chi connectivity index (χ2v) is 10.5. The fourth-order valence-corrected chi connectivity index (χ4v) is 4.33. The van der Waals surface area contributed by atoms with Gasteiger partial charge in [0.05, 0.1) is 7.11 Å². The van der Waals surface area contributed by atoms with Crippen molar-refractivity contribution in [3.8, 4) is 18.1 Å². The molecular weight excluding hydrogens is 502 g/mol. The number of terminal acetylenes is 1. The maximum atomic E-state index is 14.0. The van der Waals surface area contributed by atoms with E-state index in [2.05, 4.69) is 29.2 Å². The Kier molecular flexibility index (Phi) is 9.70. The third-order valence-corrected chi connectivity index (χ3v) is 6.54. The first-order valence-corrected chi connectivity index (χ1v) is 13.1. The molecule has 1 saturated carbocycles. The zero-order valence-corrected chi connectivity index (χ0v) is 23.1. The maximum Gasteiger partial charge on any atom is 0.408 e. The Morgan fingerprint density at radius 3 is 2.21 bits per heavy atom. The van der Waals surface area contributed by atoms with E-state index in [0.29, 0.717) is 22.6 Å². The van der Waals surface area contributed by atoms with E-state index in [1.54, 1.807) is 81.3 Å². The van der Waals surface area contributed by atoms with E-state index in [4.69, 9.17) is 15.9 Å². The molecule has 2 aromatic carbocycles. The van der Waals surface area contributed by atoms with Crippen LogP contribution in [-0.2, 0) is 14.3 Å². The van der Waals surface area contributed by atoms with Gasteiger partial charge in [-0.15, -0.1) is 6.42 Å². The van der Waals surface area contributed by atoms with Gasteiger partial charge < -0.3 is 25.0 Å². The van der Waals surface area contributed by atoms with Crippen molar-refractivity contribution in [2.75, 3.05) is 18.2 Å². The Bertz CT molecular complexity index is 1160. The normalized spacial score (nSPS) is 14.7. The Morgan fingerprint density at radius 2 is 1.74 bits per heavy atom. The van der Waals surface area contributed by atoms with Gasteiger partial charge in [-0.25, -0.2) is 4.79 Å². The minimum Gasteiger partial charge on any atom is -0.497 e. The van der Waals surface area contributed by atoms with Crippen LogP contribution in [0.2, 0.25) is 0 Å². The number of thiol groups is 1. The summed E-state index contributed by atoms with van der Waals surface area (Å²) < 4.78 is 10.6. The summed E-state index contributed by atoms with van der Waals surface area (Å²) in [5.74, 6) is 2.46. The fraction of sp³-hybridized carbons (Fsp3) is 0.414. The Labute approximate surface area is 229 Å². The molecule has 2 aromatic rings. The molecule has 9 heteroatoms. The summed E-state index contributed by atoms with van der Waals surface area (Å²) in [6.45, 7) is 5.22. The van der Waals surface area contributed by atoms with E-state index in [1.807, 2.05) is 0 Å². The topological polar surface area (TPSA) is 97.0 Å². The molecule has 202 valence electrons. The second kappa shape index (κ2) is 12.7. The lowest BCUT2D eigenvalue weighted by Gasteiger charge is -2.43. The number of hydrogen-bond acceptors (Lipinski definition) is 6.